The number of aromatic nitrogens is 1. The third-order valence-electron chi connectivity index (χ3n) is 3.92. The summed E-state index contributed by atoms with van der Waals surface area (Å²) in [6.07, 6.45) is 4.31. The fourth-order valence-electron chi connectivity index (χ4n) is 2.59. The molecule has 0 fully saturated rings. The number of nitro groups is 1. The van der Waals surface area contributed by atoms with Gasteiger partial charge in [-0.2, -0.15) is 0 Å². The van der Waals surface area contributed by atoms with Gasteiger partial charge in [0.1, 0.15) is 10.7 Å². The molecule has 0 aliphatic heterocycles. The van der Waals surface area contributed by atoms with Gasteiger partial charge in [-0.25, -0.2) is 12.8 Å². The van der Waals surface area contributed by atoms with Crippen LogP contribution in [0.5, 0.6) is 0 Å². The highest BCUT2D eigenvalue weighted by Gasteiger charge is 2.24. The van der Waals surface area contributed by atoms with Crippen LogP contribution in [0.25, 0.3) is 5.69 Å². The van der Waals surface area contributed by atoms with Gasteiger partial charge >= 0.3 is 0 Å². The van der Waals surface area contributed by atoms with E-state index in [1.807, 2.05) is 0 Å². The van der Waals surface area contributed by atoms with E-state index in [0.29, 0.717) is 5.69 Å². The van der Waals surface area contributed by atoms with Gasteiger partial charge in [-0.15, -0.1) is 0 Å². The minimum Gasteiger partial charge on any atom is -0.324 e. The second-order valence-corrected chi connectivity index (χ2v) is 7.90. The van der Waals surface area contributed by atoms with Gasteiger partial charge in [0.15, 0.2) is 9.84 Å². The van der Waals surface area contributed by atoms with E-state index in [1.54, 1.807) is 29.1 Å². The number of nitro benzene ring substituents is 1. The molecule has 3 rings (SSSR count). The van der Waals surface area contributed by atoms with E-state index in [-0.39, 0.29) is 11.3 Å². The van der Waals surface area contributed by atoms with E-state index in [9.17, 15) is 27.7 Å². The quantitative estimate of drug-likeness (QED) is 0.519. The van der Waals surface area contributed by atoms with E-state index >= 15 is 0 Å². The van der Waals surface area contributed by atoms with Gasteiger partial charge in [0.25, 0.3) is 11.6 Å². The van der Waals surface area contributed by atoms with Crippen LogP contribution in [0.3, 0.4) is 0 Å². The van der Waals surface area contributed by atoms with Crippen LogP contribution in [0.2, 0.25) is 0 Å². The van der Waals surface area contributed by atoms with Crippen molar-refractivity contribution in [2.45, 2.75) is 4.90 Å². The average molecular weight is 403 g/mol. The molecule has 144 valence electrons. The molecule has 0 atom stereocenters. The summed E-state index contributed by atoms with van der Waals surface area (Å²) in [5.41, 5.74) is -0.423. The third-order valence-corrected chi connectivity index (χ3v) is 5.06. The lowest BCUT2D eigenvalue weighted by Crippen LogP contribution is -2.14. The van der Waals surface area contributed by atoms with Crippen LogP contribution in [0.4, 0.5) is 15.8 Å². The van der Waals surface area contributed by atoms with Crippen molar-refractivity contribution >= 4 is 27.1 Å². The maximum Gasteiger partial charge on any atom is 0.288 e. The van der Waals surface area contributed by atoms with Crippen LogP contribution in [-0.4, -0.2) is 30.1 Å². The lowest BCUT2D eigenvalue weighted by atomic mass is 10.1. The van der Waals surface area contributed by atoms with Crippen LogP contribution in [0, 0.1) is 15.9 Å². The molecule has 0 aliphatic carbocycles. The number of halogens is 1. The molecule has 1 heterocycles. The first-order valence-corrected chi connectivity index (χ1v) is 9.79. The second kappa shape index (κ2) is 7.24. The van der Waals surface area contributed by atoms with Crippen LogP contribution >= 0.6 is 0 Å². The molecule has 0 aliphatic rings. The maximum atomic E-state index is 14.1. The van der Waals surface area contributed by atoms with E-state index in [0.717, 1.165) is 24.5 Å². The summed E-state index contributed by atoms with van der Waals surface area (Å²) >= 11 is 0. The number of hydrogen-bond acceptors (Lipinski definition) is 5. The Bertz CT molecular complexity index is 1170. The van der Waals surface area contributed by atoms with Crippen LogP contribution in [0.1, 0.15) is 10.4 Å². The van der Waals surface area contributed by atoms with Crippen LogP contribution in [0.15, 0.2) is 65.8 Å². The minimum absolute atomic E-state index is 0.119. The standard InChI is InChI=1S/C18H14FN3O5S/c1-28(26,27)17-7-4-12(10-16(17)22(24)25)18(23)20-15-11-13(5-6-14(15)19)21-8-2-3-9-21/h2-11H,1H3,(H,20,23). The highest BCUT2D eigenvalue weighted by atomic mass is 32.2. The van der Waals surface area contributed by atoms with Gasteiger partial charge in [0.2, 0.25) is 0 Å². The van der Waals surface area contributed by atoms with E-state index in [2.05, 4.69) is 5.32 Å². The number of nitrogens with one attached hydrogen (secondary N) is 1. The number of benzene rings is 2. The normalized spacial score (nSPS) is 11.2. The van der Waals surface area contributed by atoms with E-state index < -0.39 is 37.1 Å². The Balaban J connectivity index is 1.95. The number of carbonyl (C=O) groups is 1. The zero-order valence-corrected chi connectivity index (χ0v) is 15.3. The number of sulfone groups is 1. The van der Waals surface area contributed by atoms with Crippen molar-refractivity contribution in [2.75, 3.05) is 11.6 Å². The van der Waals surface area contributed by atoms with Gasteiger partial charge in [0.05, 0.1) is 10.6 Å². The number of rotatable bonds is 5. The molecular weight excluding hydrogens is 389 g/mol. The van der Waals surface area contributed by atoms with Gasteiger partial charge in [-0.05, 0) is 42.5 Å². The molecule has 1 aromatic heterocycles. The highest BCUT2D eigenvalue weighted by molar-refractivity contribution is 7.90. The van der Waals surface area contributed by atoms with E-state index in [1.165, 1.54) is 18.2 Å². The van der Waals surface area contributed by atoms with Crippen LogP contribution in [-0.2, 0) is 9.84 Å². The van der Waals surface area contributed by atoms with Crippen molar-refractivity contribution in [1.82, 2.24) is 4.57 Å². The van der Waals surface area contributed by atoms with Crippen molar-refractivity contribution in [3.8, 4) is 5.69 Å². The molecule has 1 N–H and O–H groups in total. The summed E-state index contributed by atoms with van der Waals surface area (Å²) in [5, 5.41) is 13.5. The Kier molecular flexibility index (Phi) is 4.97. The molecule has 0 radical (unpaired) electrons. The van der Waals surface area contributed by atoms with Crippen molar-refractivity contribution in [1.29, 1.82) is 0 Å². The minimum atomic E-state index is -3.85. The summed E-state index contributed by atoms with van der Waals surface area (Å²) in [4.78, 5) is 22.2. The predicted octanol–water partition coefficient (Wildman–Crippen LogP) is 3.18. The lowest BCUT2D eigenvalue weighted by molar-refractivity contribution is -0.387. The molecule has 2 aromatic carbocycles. The molecule has 1 amide bonds. The number of hydrogen-bond donors (Lipinski definition) is 1. The Labute approximate surface area is 159 Å². The third kappa shape index (κ3) is 3.91. The van der Waals surface area contributed by atoms with Gasteiger partial charge < -0.3 is 9.88 Å². The molecule has 0 saturated heterocycles. The fourth-order valence-corrected chi connectivity index (χ4v) is 3.41. The smallest absolute Gasteiger partial charge is 0.288 e. The first-order valence-electron chi connectivity index (χ1n) is 7.89. The Hall–Kier alpha value is -3.53. The molecule has 28 heavy (non-hydrogen) atoms. The maximum absolute atomic E-state index is 14.1. The zero-order chi connectivity index (χ0) is 20.5. The number of amides is 1. The first-order chi connectivity index (χ1) is 13.2. The SMILES string of the molecule is CS(=O)(=O)c1ccc(C(=O)Nc2cc(-n3cccc3)ccc2F)cc1[N+](=O)[O-]. The van der Waals surface area contributed by atoms with Crippen LogP contribution < -0.4 is 5.32 Å². The highest BCUT2D eigenvalue weighted by Crippen LogP contribution is 2.26. The number of anilines is 1. The van der Waals surface area contributed by atoms with Crippen molar-refractivity contribution in [3.63, 3.8) is 0 Å². The monoisotopic (exact) mass is 403 g/mol. The summed E-state index contributed by atoms with van der Waals surface area (Å²) in [6, 6.07) is 10.6. The summed E-state index contributed by atoms with van der Waals surface area (Å²) in [5.74, 6) is -1.50. The summed E-state index contributed by atoms with van der Waals surface area (Å²) in [7, 11) is -3.85. The van der Waals surface area contributed by atoms with Gasteiger partial charge in [0, 0.05) is 36.0 Å². The van der Waals surface area contributed by atoms with Crippen molar-refractivity contribution in [2.24, 2.45) is 0 Å². The topological polar surface area (TPSA) is 111 Å². The summed E-state index contributed by atoms with van der Waals surface area (Å²) < 4.78 is 39.1. The Morgan fingerprint density at radius 1 is 1.14 bits per heavy atom. The Morgan fingerprint density at radius 2 is 1.82 bits per heavy atom. The zero-order valence-electron chi connectivity index (χ0n) is 14.5. The lowest BCUT2D eigenvalue weighted by Gasteiger charge is -2.10. The molecule has 0 saturated carbocycles. The largest absolute Gasteiger partial charge is 0.324 e. The molecule has 0 spiro atoms. The second-order valence-electron chi connectivity index (χ2n) is 5.92. The van der Waals surface area contributed by atoms with Crippen molar-refractivity contribution in [3.05, 3.63) is 82.4 Å². The predicted molar refractivity (Wildman–Crippen MR) is 99.9 cm³/mol. The van der Waals surface area contributed by atoms with Gasteiger partial charge in [-0.1, -0.05) is 0 Å². The number of nitrogens with zero attached hydrogens (tertiary/aromatic N) is 2. The van der Waals surface area contributed by atoms with Gasteiger partial charge in [-0.3, -0.25) is 14.9 Å². The molecule has 0 bridgehead atoms. The summed E-state index contributed by atoms with van der Waals surface area (Å²) in [6.45, 7) is 0. The fraction of sp³-hybridized carbons (Fsp3) is 0.0556. The van der Waals surface area contributed by atoms with E-state index in [4.69, 9.17) is 0 Å². The average Bonchev–Trinajstić information content (AvgIpc) is 3.17. The molecule has 3 aromatic rings. The molecule has 8 nitrogen and oxygen atoms in total. The number of carbonyl (C=O) groups excluding carboxylic acids is 1. The van der Waals surface area contributed by atoms with Crippen molar-refractivity contribution < 1.29 is 22.5 Å². The molecule has 0 unspecified atom stereocenters. The molecular formula is C18H14FN3O5S. The first kappa shape index (κ1) is 19.2. The Morgan fingerprint density at radius 3 is 2.43 bits per heavy atom. The molecule has 10 heteroatoms.